The number of aliphatic carboxylic acids is 2. The van der Waals surface area contributed by atoms with Gasteiger partial charge in [0.25, 0.3) is 0 Å². The van der Waals surface area contributed by atoms with Gasteiger partial charge >= 0.3 is 11.9 Å². The van der Waals surface area contributed by atoms with Crippen LogP contribution in [-0.4, -0.2) is 93.4 Å². The van der Waals surface area contributed by atoms with E-state index in [0.29, 0.717) is 18.6 Å². The van der Waals surface area contributed by atoms with Gasteiger partial charge in [0.1, 0.15) is 18.1 Å². The highest BCUT2D eigenvalue weighted by molar-refractivity contribution is 7.98. The fourth-order valence-electron chi connectivity index (χ4n) is 3.35. The normalized spacial score (nSPS) is 18.1. The number of carbonyl (C=O) groups is 6. The molecule has 1 aliphatic heterocycles. The molecule has 186 valence electrons. The zero-order valence-electron chi connectivity index (χ0n) is 18.3. The van der Waals surface area contributed by atoms with Gasteiger partial charge in [-0.1, -0.05) is 0 Å². The number of carbonyl (C=O) groups excluding carboxylic acids is 4. The van der Waals surface area contributed by atoms with Gasteiger partial charge in [-0.3, -0.25) is 24.0 Å². The third-order valence-corrected chi connectivity index (χ3v) is 5.73. The van der Waals surface area contributed by atoms with E-state index in [1.54, 1.807) is 0 Å². The highest BCUT2D eigenvalue weighted by atomic mass is 32.2. The number of amides is 4. The largest absolute Gasteiger partial charge is 0.481 e. The van der Waals surface area contributed by atoms with Crippen LogP contribution >= 0.6 is 11.8 Å². The van der Waals surface area contributed by atoms with Gasteiger partial charge in [0.05, 0.1) is 12.5 Å². The van der Waals surface area contributed by atoms with Gasteiger partial charge < -0.3 is 37.2 Å². The van der Waals surface area contributed by atoms with Crippen LogP contribution < -0.4 is 22.1 Å². The van der Waals surface area contributed by atoms with Gasteiger partial charge in [-0.2, -0.15) is 11.8 Å². The molecule has 1 heterocycles. The van der Waals surface area contributed by atoms with Crippen molar-refractivity contribution in [2.45, 2.75) is 62.7 Å². The van der Waals surface area contributed by atoms with Crippen LogP contribution in [-0.2, 0) is 28.8 Å². The highest BCUT2D eigenvalue weighted by Crippen LogP contribution is 2.19. The summed E-state index contributed by atoms with van der Waals surface area (Å²) >= 11 is 1.47. The quantitative estimate of drug-likeness (QED) is 0.155. The number of rotatable bonds is 14. The van der Waals surface area contributed by atoms with Crippen LogP contribution in [0.5, 0.6) is 0 Å². The van der Waals surface area contributed by atoms with E-state index in [-0.39, 0.29) is 19.4 Å². The van der Waals surface area contributed by atoms with Crippen molar-refractivity contribution in [2.75, 3.05) is 18.6 Å². The third-order valence-electron chi connectivity index (χ3n) is 5.09. The zero-order valence-corrected chi connectivity index (χ0v) is 19.1. The van der Waals surface area contributed by atoms with Crippen LogP contribution in [0.3, 0.4) is 0 Å². The van der Waals surface area contributed by atoms with Crippen molar-refractivity contribution in [1.29, 1.82) is 0 Å². The minimum atomic E-state index is -1.44. The van der Waals surface area contributed by atoms with Gasteiger partial charge in [0.2, 0.25) is 23.6 Å². The van der Waals surface area contributed by atoms with E-state index in [0.717, 1.165) is 4.90 Å². The van der Waals surface area contributed by atoms with E-state index in [1.165, 1.54) is 11.8 Å². The van der Waals surface area contributed by atoms with Crippen molar-refractivity contribution in [1.82, 2.24) is 15.5 Å². The summed E-state index contributed by atoms with van der Waals surface area (Å²) in [5.74, 6) is -5.11. The maximum atomic E-state index is 13.0. The molecule has 4 unspecified atom stereocenters. The average Bonchev–Trinajstić information content (AvgIpc) is 3.23. The molecule has 33 heavy (non-hydrogen) atoms. The predicted octanol–water partition coefficient (Wildman–Crippen LogP) is -2.15. The summed E-state index contributed by atoms with van der Waals surface area (Å²) in [7, 11) is 0. The molecule has 0 radical (unpaired) electrons. The van der Waals surface area contributed by atoms with Crippen molar-refractivity contribution in [3.05, 3.63) is 0 Å². The molecule has 0 aromatic rings. The molecule has 0 spiro atoms. The molecule has 14 heteroatoms. The smallest absolute Gasteiger partial charge is 0.326 e. The maximum absolute atomic E-state index is 13.0. The molecule has 1 saturated heterocycles. The fourth-order valence-corrected chi connectivity index (χ4v) is 3.84. The van der Waals surface area contributed by atoms with Crippen LogP contribution in [0.25, 0.3) is 0 Å². The van der Waals surface area contributed by atoms with Crippen molar-refractivity contribution >= 4 is 47.3 Å². The summed E-state index contributed by atoms with van der Waals surface area (Å²) in [6, 6.07) is -4.83. The summed E-state index contributed by atoms with van der Waals surface area (Å²) in [6.45, 7) is 0.140. The summed E-state index contributed by atoms with van der Waals surface area (Å²) in [5, 5.41) is 23.0. The van der Waals surface area contributed by atoms with Crippen LogP contribution in [0.1, 0.15) is 38.5 Å². The number of nitrogens with one attached hydrogen (secondary N) is 2. The zero-order chi connectivity index (χ0) is 25.1. The highest BCUT2D eigenvalue weighted by Gasteiger charge is 2.38. The molecule has 4 amide bonds. The Balaban J connectivity index is 3.00. The summed E-state index contributed by atoms with van der Waals surface area (Å²) in [6.07, 6.45) is 1.46. The van der Waals surface area contributed by atoms with Gasteiger partial charge in [-0.05, 0) is 37.7 Å². The van der Waals surface area contributed by atoms with Gasteiger partial charge in [0, 0.05) is 13.0 Å². The predicted molar refractivity (Wildman–Crippen MR) is 118 cm³/mol. The molecule has 0 aromatic heterocycles. The van der Waals surface area contributed by atoms with E-state index in [4.69, 9.17) is 16.6 Å². The molecule has 13 nitrogen and oxygen atoms in total. The lowest BCUT2D eigenvalue weighted by Gasteiger charge is -2.28. The second-order valence-electron chi connectivity index (χ2n) is 7.64. The summed E-state index contributed by atoms with van der Waals surface area (Å²) in [5.41, 5.74) is 11.0. The van der Waals surface area contributed by atoms with E-state index in [2.05, 4.69) is 10.6 Å². The number of carboxylic acid groups (broad SMARTS) is 2. The van der Waals surface area contributed by atoms with Crippen LogP contribution in [0, 0.1) is 0 Å². The van der Waals surface area contributed by atoms with Gasteiger partial charge in [-0.25, -0.2) is 4.79 Å². The first kappa shape index (κ1) is 28.2. The Hall–Kier alpha value is -2.87. The molecule has 1 aliphatic rings. The molecule has 8 N–H and O–H groups in total. The second-order valence-corrected chi connectivity index (χ2v) is 8.63. The molecule has 1 fully saturated rings. The molecular weight excluding hydrogens is 458 g/mol. The van der Waals surface area contributed by atoms with E-state index >= 15 is 0 Å². The van der Waals surface area contributed by atoms with Crippen molar-refractivity contribution in [2.24, 2.45) is 11.5 Å². The van der Waals surface area contributed by atoms with E-state index in [9.17, 15) is 33.9 Å². The second kappa shape index (κ2) is 13.6. The van der Waals surface area contributed by atoms with Crippen LogP contribution in [0.2, 0.25) is 0 Å². The number of hydrogen-bond acceptors (Lipinski definition) is 8. The van der Waals surface area contributed by atoms with Crippen molar-refractivity contribution in [3.8, 4) is 0 Å². The number of nitrogens with two attached hydrogens (primary N) is 2. The van der Waals surface area contributed by atoms with Crippen LogP contribution in [0.15, 0.2) is 0 Å². The summed E-state index contributed by atoms with van der Waals surface area (Å²) in [4.78, 5) is 73.1. The number of thioether (sulfide) groups is 1. The minimum Gasteiger partial charge on any atom is -0.481 e. The Labute approximate surface area is 195 Å². The van der Waals surface area contributed by atoms with Crippen LogP contribution in [0.4, 0.5) is 0 Å². The Morgan fingerprint density at radius 1 is 1.06 bits per heavy atom. The first-order chi connectivity index (χ1) is 15.5. The standard InChI is InChI=1S/C19H31N5O8S/c1-33-8-6-10(20)16(28)23-12(9-14(21)25)17(29)22-11(4-5-15(26)27)18(30)24-7-2-3-13(24)19(31)32/h10-13H,2-9,20H2,1H3,(H2,21,25)(H,22,29)(H,23,28)(H,26,27)(H,31,32). The average molecular weight is 490 g/mol. The van der Waals surface area contributed by atoms with Crippen molar-refractivity contribution in [3.63, 3.8) is 0 Å². The Morgan fingerprint density at radius 3 is 2.24 bits per heavy atom. The molecule has 0 bridgehead atoms. The lowest BCUT2D eigenvalue weighted by atomic mass is 10.1. The molecule has 0 aromatic carbocycles. The fraction of sp³-hybridized carbons (Fsp3) is 0.684. The number of likely N-dealkylation sites (tertiary alicyclic amines) is 1. The number of nitrogens with zero attached hydrogens (tertiary/aromatic N) is 1. The van der Waals surface area contributed by atoms with Gasteiger partial charge in [0.15, 0.2) is 0 Å². The van der Waals surface area contributed by atoms with E-state index in [1.807, 2.05) is 6.26 Å². The number of hydrogen-bond donors (Lipinski definition) is 6. The lowest BCUT2D eigenvalue weighted by molar-refractivity contribution is -0.150. The minimum absolute atomic E-state index is 0.140. The molecule has 0 aliphatic carbocycles. The first-order valence-corrected chi connectivity index (χ1v) is 11.8. The molecular formula is C19H31N5O8S. The van der Waals surface area contributed by atoms with E-state index < -0.39 is 72.6 Å². The Bertz CT molecular complexity index is 764. The molecule has 1 rings (SSSR count). The molecule has 4 atom stereocenters. The number of carboxylic acids is 2. The maximum Gasteiger partial charge on any atom is 0.326 e. The summed E-state index contributed by atoms with van der Waals surface area (Å²) < 4.78 is 0. The monoisotopic (exact) mass is 489 g/mol. The molecule has 0 saturated carbocycles. The lowest BCUT2D eigenvalue weighted by Crippen LogP contribution is -2.57. The SMILES string of the molecule is CSCCC(N)C(=O)NC(CC(N)=O)C(=O)NC(CCC(=O)O)C(=O)N1CCCC1C(=O)O. The van der Waals surface area contributed by atoms with Gasteiger partial charge in [-0.15, -0.1) is 0 Å². The van der Waals surface area contributed by atoms with Crippen molar-refractivity contribution < 1.29 is 39.0 Å². The first-order valence-electron chi connectivity index (χ1n) is 10.4. The Morgan fingerprint density at radius 2 is 1.70 bits per heavy atom. The number of primary amides is 1. The topological polar surface area (TPSA) is 222 Å². The third kappa shape index (κ3) is 9.26. The Kier molecular flexibility index (Phi) is 11.6.